The van der Waals surface area contributed by atoms with E-state index in [-0.39, 0.29) is 11.4 Å². The quantitative estimate of drug-likeness (QED) is 0.776. The first kappa shape index (κ1) is 11.3. The normalized spacial score (nSPS) is 14.9. The fourth-order valence-electron chi connectivity index (χ4n) is 0.889. The van der Waals surface area contributed by atoms with Crippen molar-refractivity contribution in [3.8, 4) is 5.88 Å². The Balaban J connectivity index is 2.66. The van der Waals surface area contributed by atoms with Gasteiger partial charge in [-0.3, -0.25) is 0 Å². The van der Waals surface area contributed by atoms with Crippen molar-refractivity contribution >= 4 is 11.8 Å². The van der Waals surface area contributed by atoms with Gasteiger partial charge in [0.15, 0.2) is 0 Å². The van der Waals surface area contributed by atoms with Crippen LogP contribution in [0.4, 0.5) is 0 Å². The summed E-state index contributed by atoms with van der Waals surface area (Å²) in [4.78, 5) is 5.07. The fourth-order valence-corrected chi connectivity index (χ4v) is 1.82. The molecule has 1 rings (SSSR count). The molecule has 1 heterocycles. The van der Waals surface area contributed by atoms with Gasteiger partial charge in [-0.25, -0.2) is 4.98 Å². The molecule has 1 aromatic rings. The maximum absolute atomic E-state index is 9.34. The molecule has 2 unspecified atom stereocenters. The van der Waals surface area contributed by atoms with Crippen LogP contribution in [0.15, 0.2) is 23.2 Å². The van der Waals surface area contributed by atoms with Crippen molar-refractivity contribution in [1.82, 2.24) is 4.98 Å². The van der Waals surface area contributed by atoms with Gasteiger partial charge >= 0.3 is 0 Å². The van der Waals surface area contributed by atoms with Crippen molar-refractivity contribution < 1.29 is 9.84 Å². The number of nitrogens with zero attached hydrogens (tertiary/aromatic N) is 1. The summed E-state index contributed by atoms with van der Waals surface area (Å²) in [6.07, 6.45) is 1.38. The monoisotopic (exact) mass is 213 g/mol. The van der Waals surface area contributed by atoms with Gasteiger partial charge in [0.05, 0.1) is 13.2 Å². The molecular weight excluding hydrogens is 198 g/mol. The van der Waals surface area contributed by atoms with Crippen molar-refractivity contribution in [2.24, 2.45) is 0 Å². The van der Waals surface area contributed by atoms with Crippen molar-refractivity contribution in [2.75, 3.05) is 7.11 Å². The molecule has 0 aliphatic heterocycles. The van der Waals surface area contributed by atoms with Gasteiger partial charge in [0.1, 0.15) is 0 Å². The van der Waals surface area contributed by atoms with E-state index in [4.69, 9.17) is 4.74 Å². The smallest absolute Gasteiger partial charge is 0.214 e. The maximum atomic E-state index is 9.34. The van der Waals surface area contributed by atoms with Crippen LogP contribution in [0.25, 0.3) is 0 Å². The Bertz CT molecular complexity index is 291. The van der Waals surface area contributed by atoms with Crippen molar-refractivity contribution in [3.63, 3.8) is 0 Å². The topological polar surface area (TPSA) is 42.4 Å². The van der Waals surface area contributed by atoms with Gasteiger partial charge in [0.25, 0.3) is 0 Å². The Hall–Kier alpha value is -0.740. The van der Waals surface area contributed by atoms with Crippen molar-refractivity contribution in [2.45, 2.75) is 30.1 Å². The standard InChI is InChI=1S/C10H15NO2S/c1-7(12)8(2)14-9-4-5-11-10(6-9)13-3/h4-8,12H,1-3H3. The molecule has 0 spiro atoms. The molecule has 1 aromatic heterocycles. The third-order valence-electron chi connectivity index (χ3n) is 1.92. The molecule has 4 heteroatoms. The Morgan fingerprint density at radius 3 is 2.79 bits per heavy atom. The van der Waals surface area contributed by atoms with Crippen LogP contribution in [0.2, 0.25) is 0 Å². The first-order valence-corrected chi connectivity index (χ1v) is 5.36. The molecular formula is C10H15NO2S. The third-order valence-corrected chi connectivity index (χ3v) is 3.21. The highest BCUT2D eigenvalue weighted by Crippen LogP contribution is 2.26. The van der Waals surface area contributed by atoms with E-state index in [9.17, 15) is 5.11 Å². The molecule has 0 fully saturated rings. The molecule has 0 saturated carbocycles. The van der Waals surface area contributed by atoms with E-state index < -0.39 is 0 Å². The highest BCUT2D eigenvalue weighted by atomic mass is 32.2. The second-order valence-corrected chi connectivity index (χ2v) is 4.55. The zero-order valence-corrected chi connectivity index (χ0v) is 9.41. The number of hydrogen-bond acceptors (Lipinski definition) is 4. The molecule has 0 saturated heterocycles. The Labute approximate surface area is 88.5 Å². The summed E-state index contributed by atoms with van der Waals surface area (Å²) < 4.78 is 5.01. The van der Waals surface area contributed by atoms with Gasteiger partial charge in [-0.15, -0.1) is 11.8 Å². The van der Waals surface area contributed by atoms with E-state index in [1.807, 2.05) is 19.1 Å². The highest BCUT2D eigenvalue weighted by molar-refractivity contribution is 8.00. The van der Waals surface area contributed by atoms with Crippen LogP contribution in [-0.2, 0) is 0 Å². The average molecular weight is 213 g/mol. The summed E-state index contributed by atoms with van der Waals surface area (Å²) in [5.74, 6) is 0.604. The van der Waals surface area contributed by atoms with Crippen LogP contribution < -0.4 is 4.74 Å². The van der Waals surface area contributed by atoms with Crippen LogP contribution in [-0.4, -0.2) is 28.6 Å². The van der Waals surface area contributed by atoms with Gasteiger partial charge < -0.3 is 9.84 Å². The predicted octanol–water partition coefficient (Wildman–Crippen LogP) is 1.95. The minimum atomic E-state index is -0.320. The van der Waals surface area contributed by atoms with E-state index in [0.29, 0.717) is 5.88 Å². The summed E-state index contributed by atoms with van der Waals surface area (Å²) in [6.45, 7) is 3.78. The lowest BCUT2D eigenvalue weighted by Gasteiger charge is -2.13. The summed E-state index contributed by atoms with van der Waals surface area (Å²) >= 11 is 1.61. The number of methoxy groups -OCH3 is 1. The molecule has 14 heavy (non-hydrogen) atoms. The number of ether oxygens (including phenoxy) is 1. The lowest BCUT2D eigenvalue weighted by Crippen LogP contribution is -2.14. The minimum absolute atomic E-state index is 0.169. The molecule has 0 aliphatic carbocycles. The highest BCUT2D eigenvalue weighted by Gasteiger charge is 2.10. The zero-order chi connectivity index (χ0) is 10.6. The van der Waals surface area contributed by atoms with E-state index in [1.165, 1.54) is 0 Å². The minimum Gasteiger partial charge on any atom is -0.481 e. The first-order valence-electron chi connectivity index (χ1n) is 4.48. The van der Waals surface area contributed by atoms with Crippen LogP contribution in [0.3, 0.4) is 0 Å². The van der Waals surface area contributed by atoms with Crippen molar-refractivity contribution in [3.05, 3.63) is 18.3 Å². The summed E-state index contributed by atoms with van der Waals surface area (Å²) in [6, 6.07) is 3.77. The van der Waals surface area contributed by atoms with E-state index >= 15 is 0 Å². The van der Waals surface area contributed by atoms with Gasteiger partial charge in [-0.1, -0.05) is 6.92 Å². The lowest BCUT2D eigenvalue weighted by molar-refractivity contribution is 0.196. The van der Waals surface area contributed by atoms with Gasteiger partial charge in [0, 0.05) is 22.4 Å². The SMILES string of the molecule is COc1cc(SC(C)C(C)O)ccn1. The fraction of sp³-hybridized carbons (Fsp3) is 0.500. The third kappa shape index (κ3) is 3.20. The second kappa shape index (κ2) is 5.22. The van der Waals surface area contributed by atoms with Gasteiger partial charge in [0.2, 0.25) is 5.88 Å². The van der Waals surface area contributed by atoms with E-state index in [1.54, 1.807) is 32.0 Å². The van der Waals surface area contributed by atoms with Crippen LogP contribution in [0.1, 0.15) is 13.8 Å². The number of aliphatic hydroxyl groups is 1. The molecule has 1 N–H and O–H groups in total. The second-order valence-electron chi connectivity index (χ2n) is 3.10. The molecule has 0 amide bonds. The summed E-state index contributed by atoms with van der Waals surface area (Å²) in [5.41, 5.74) is 0. The van der Waals surface area contributed by atoms with Crippen LogP contribution in [0.5, 0.6) is 5.88 Å². The first-order chi connectivity index (χ1) is 6.63. The number of aromatic nitrogens is 1. The molecule has 78 valence electrons. The predicted molar refractivity (Wildman–Crippen MR) is 57.8 cm³/mol. The van der Waals surface area contributed by atoms with Crippen LogP contribution >= 0.6 is 11.8 Å². The van der Waals surface area contributed by atoms with E-state index in [0.717, 1.165) is 4.90 Å². The average Bonchev–Trinajstić information content (AvgIpc) is 2.18. The number of hydrogen-bond donors (Lipinski definition) is 1. The number of aliphatic hydroxyl groups excluding tert-OH is 1. The molecule has 0 bridgehead atoms. The zero-order valence-electron chi connectivity index (χ0n) is 8.60. The molecule has 0 aliphatic rings. The molecule has 0 aromatic carbocycles. The Kier molecular flexibility index (Phi) is 4.22. The number of rotatable bonds is 4. The maximum Gasteiger partial charge on any atom is 0.214 e. The summed E-state index contributed by atoms with van der Waals surface area (Å²) in [5, 5.41) is 9.51. The summed E-state index contributed by atoms with van der Waals surface area (Å²) in [7, 11) is 1.59. The molecule has 0 radical (unpaired) electrons. The molecule has 2 atom stereocenters. The number of pyridine rings is 1. The van der Waals surface area contributed by atoms with Gasteiger partial charge in [-0.05, 0) is 13.0 Å². The van der Waals surface area contributed by atoms with Crippen LogP contribution in [0, 0.1) is 0 Å². The lowest BCUT2D eigenvalue weighted by atomic mass is 10.3. The Morgan fingerprint density at radius 2 is 2.21 bits per heavy atom. The largest absolute Gasteiger partial charge is 0.481 e. The van der Waals surface area contributed by atoms with Crippen molar-refractivity contribution in [1.29, 1.82) is 0 Å². The molecule has 3 nitrogen and oxygen atoms in total. The number of thioether (sulfide) groups is 1. The van der Waals surface area contributed by atoms with E-state index in [2.05, 4.69) is 4.98 Å². The Morgan fingerprint density at radius 1 is 1.50 bits per heavy atom. The van der Waals surface area contributed by atoms with Gasteiger partial charge in [-0.2, -0.15) is 0 Å².